The molecule has 192 valence electrons. The molecule has 0 radical (unpaired) electrons. The number of carbonyl (C=O) groups is 2. The molecule has 0 aliphatic rings. The minimum Gasteiger partial charge on any atom is -0.352 e. The highest BCUT2D eigenvalue weighted by Crippen LogP contribution is 2.24. The van der Waals surface area contributed by atoms with E-state index in [1.165, 1.54) is 24.1 Å². The molecule has 0 unspecified atom stereocenters. The number of nitrogens with one attached hydrogen (secondary N) is 1. The third kappa shape index (κ3) is 7.67. The van der Waals surface area contributed by atoms with E-state index in [1.807, 2.05) is 20.8 Å². The van der Waals surface area contributed by atoms with E-state index in [9.17, 15) is 18.0 Å². The van der Waals surface area contributed by atoms with Crippen molar-refractivity contribution in [2.45, 2.75) is 64.1 Å². The van der Waals surface area contributed by atoms with Gasteiger partial charge in [-0.05, 0) is 56.5 Å². The van der Waals surface area contributed by atoms with Crippen LogP contribution in [-0.4, -0.2) is 55.1 Å². The van der Waals surface area contributed by atoms with E-state index in [0.717, 1.165) is 16.3 Å². The summed E-state index contributed by atoms with van der Waals surface area (Å²) < 4.78 is 27.1. The minimum absolute atomic E-state index is 0.0275. The molecule has 7 nitrogen and oxygen atoms in total. The molecular weight excluding hydrogens is 509 g/mol. The van der Waals surface area contributed by atoms with Crippen LogP contribution in [0.4, 0.5) is 0 Å². The standard InChI is InChI=1S/C25H33Cl2N3O4S/c1-6-18(4)28-25(32)23(7-2)30(15-19-10-11-20(26)14-22(19)27)24(31)16-29(5)35(33,34)21-12-8-17(3)9-13-21/h8-14,18,23H,6-7,15-16H2,1-5H3,(H,28,32)/t18-,23-/m0/s1. The first kappa shape index (κ1) is 29.1. The van der Waals surface area contributed by atoms with Gasteiger partial charge in [0.25, 0.3) is 0 Å². The molecule has 2 amide bonds. The molecule has 35 heavy (non-hydrogen) atoms. The number of sulfonamides is 1. The monoisotopic (exact) mass is 541 g/mol. The van der Waals surface area contributed by atoms with Crippen molar-refractivity contribution in [1.29, 1.82) is 0 Å². The number of aryl methyl sites for hydroxylation is 1. The van der Waals surface area contributed by atoms with Crippen LogP contribution in [0.2, 0.25) is 10.0 Å². The van der Waals surface area contributed by atoms with E-state index in [-0.39, 0.29) is 23.4 Å². The van der Waals surface area contributed by atoms with Crippen LogP contribution in [-0.2, 0) is 26.2 Å². The smallest absolute Gasteiger partial charge is 0.243 e. The number of amides is 2. The van der Waals surface area contributed by atoms with Crippen LogP contribution in [0.3, 0.4) is 0 Å². The lowest BCUT2D eigenvalue weighted by molar-refractivity contribution is -0.141. The predicted molar refractivity (Wildman–Crippen MR) is 140 cm³/mol. The Balaban J connectivity index is 2.37. The first-order valence-electron chi connectivity index (χ1n) is 11.5. The molecule has 0 heterocycles. The summed E-state index contributed by atoms with van der Waals surface area (Å²) in [5.74, 6) is -0.815. The molecule has 0 fully saturated rings. The van der Waals surface area contributed by atoms with Gasteiger partial charge in [-0.1, -0.05) is 60.8 Å². The Morgan fingerprint density at radius 2 is 1.66 bits per heavy atom. The first-order chi connectivity index (χ1) is 16.4. The number of benzene rings is 2. The summed E-state index contributed by atoms with van der Waals surface area (Å²) in [4.78, 5) is 28.0. The van der Waals surface area contributed by atoms with Crippen molar-refractivity contribution in [3.8, 4) is 0 Å². The third-order valence-corrected chi connectivity index (χ3v) is 8.23. The quantitative estimate of drug-likeness (QED) is 0.448. The fourth-order valence-electron chi connectivity index (χ4n) is 3.45. The SMILES string of the molecule is CC[C@H](C)NC(=O)[C@H](CC)N(Cc1ccc(Cl)cc1Cl)C(=O)CN(C)S(=O)(=O)c1ccc(C)cc1. The highest BCUT2D eigenvalue weighted by Gasteiger charge is 2.32. The molecular formula is C25H33Cl2N3O4S. The molecule has 2 rings (SSSR count). The van der Waals surface area contributed by atoms with Crippen LogP contribution in [0.5, 0.6) is 0 Å². The average molecular weight is 543 g/mol. The molecule has 2 aromatic carbocycles. The molecule has 0 aromatic heterocycles. The summed E-state index contributed by atoms with van der Waals surface area (Å²) in [5.41, 5.74) is 1.52. The number of hydrogen-bond donors (Lipinski definition) is 1. The molecule has 2 aromatic rings. The fraction of sp³-hybridized carbons (Fsp3) is 0.440. The van der Waals surface area contributed by atoms with E-state index < -0.39 is 28.5 Å². The van der Waals surface area contributed by atoms with Crippen molar-refractivity contribution in [2.75, 3.05) is 13.6 Å². The number of halogens is 2. The van der Waals surface area contributed by atoms with Crippen molar-refractivity contribution in [2.24, 2.45) is 0 Å². The van der Waals surface area contributed by atoms with E-state index in [1.54, 1.807) is 37.3 Å². The maximum atomic E-state index is 13.5. The highest BCUT2D eigenvalue weighted by atomic mass is 35.5. The summed E-state index contributed by atoms with van der Waals surface area (Å²) in [5, 5.41) is 3.72. The number of hydrogen-bond acceptors (Lipinski definition) is 4. The molecule has 0 aliphatic heterocycles. The molecule has 0 saturated heterocycles. The first-order valence-corrected chi connectivity index (χ1v) is 13.7. The van der Waals surface area contributed by atoms with Crippen LogP contribution >= 0.6 is 23.2 Å². The van der Waals surface area contributed by atoms with Gasteiger partial charge in [0.2, 0.25) is 21.8 Å². The van der Waals surface area contributed by atoms with Crippen LogP contribution in [0.1, 0.15) is 44.7 Å². The van der Waals surface area contributed by atoms with Crippen molar-refractivity contribution < 1.29 is 18.0 Å². The van der Waals surface area contributed by atoms with E-state index >= 15 is 0 Å². The Bertz CT molecular complexity index is 1140. The van der Waals surface area contributed by atoms with Crippen molar-refractivity contribution in [3.05, 3.63) is 63.6 Å². The van der Waals surface area contributed by atoms with Gasteiger partial charge in [0.05, 0.1) is 11.4 Å². The second kappa shape index (κ2) is 12.7. The summed E-state index contributed by atoms with van der Waals surface area (Å²) in [7, 11) is -2.56. The zero-order valence-electron chi connectivity index (χ0n) is 20.7. The van der Waals surface area contributed by atoms with Gasteiger partial charge in [-0.3, -0.25) is 9.59 Å². The van der Waals surface area contributed by atoms with Gasteiger partial charge in [0.15, 0.2) is 0 Å². The molecule has 2 atom stereocenters. The minimum atomic E-state index is -3.90. The Morgan fingerprint density at radius 1 is 1.03 bits per heavy atom. The predicted octanol–water partition coefficient (Wildman–Crippen LogP) is 4.64. The number of carbonyl (C=O) groups excluding carboxylic acids is 2. The fourth-order valence-corrected chi connectivity index (χ4v) is 5.04. The van der Waals surface area contributed by atoms with Gasteiger partial charge in [0, 0.05) is 29.7 Å². The van der Waals surface area contributed by atoms with E-state index in [0.29, 0.717) is 22.0 Å². The molecule has 0 bridgehead atoms. The maximum absolute atomic E-state index is 13.5. The number of likely N-dealkylation sites (N-methyl/N-ethyl adjacent to an activating group) is 1. The van der Waals surface area contributed by atoms with Gasteiger partial charge in [-0.25, -0.2) is 8.42 Å². The average Bonchev–Trinajstić information content (AvgIpc) is 2.80. The largest absolute Gasteiger partial charge is 0.352 e. The second-order valence-corrected chi connectivity index (χ2v) is 11.5. The summed E-state index contributed by atoms with van der Waals surface area (Å²) in [6, 6.07) is 10.4. The summed E-state index contributed by atoms with van der Waals surface area (Å²) in [6.45, 7) is 7.09. The molecule has 0 spiro atoms. The van der Waals surface area contributed by atoms with Crippen LogP contribution in [0.25, 0.3) is 0 Å². The molecule has 0 saturated carbocycles. The normalized spacial score (nSPS) is 13.4. The summed E-state index contributed by atoms with van der Waals surface area (Å²) in [6.07, 6.45) is 1.07. The lowest BCUT2D eigenvalue weighted by Gasteiger charge is -2.32. The van der Waals surface area contributed by atoms with E-state index in [2.05, 4.69) is 5.32 Å². The van der Waals surface area contributed by atoms with Crippen LogP contribution in [0.15, 0.2) is 47.4 Å². The van der Waals surface area contributed by atoms with Crippen LogP contribution in [0, 0.1) is 6.92 Å². The topological polar surface area (TPSA) is 86.8 Å². The zero-order valence-corrected chi connectivity index (χ0v) is 23.0. The van der Waals surface area contributed by atoms with Gasteiger partial charge < -0.3 is 10.2 Å². The second-order valence-electron chi connectivity index (χ2n) is 8.57. The Labute approximate surface area is 218 Å². The Morgan fingerprint density at radius 3 is 2.20 bits per heavy atom. The maximum Gasteiger partial charge on any atom is 0.243 e. The van der Waals surface area contributed by atoms with Crippen molar-refractivity contribution >= 4 is 45.0 Å². The van der Waals surface area contributed by atoms with Gasteiger partial charge in [0.1, 0.15) is 6.04 Å². The third-order valence-electron chi connectivity index (χ3n) is 5.83. The Hall–Kier alpha value is -2.13. The number of nitrogens with zero attached hydrogens (tertiary/aromatic N) is 2. The van der Waals surface area contributed by atoms with Gasteiger partial charge in [-0.2, -0.15) is 4.31 Å². The van der Waals surface area contributed by atoms with Crippen molar-refractivity contribution in [1.82, 2.24) is 14.5 Å². The zero-order chi connectivity index (χ0) is 26.3. The lowest BCUT2D eigenvalue weighted by atomic mass is 10.1. The van der Waals surface area contributed by atoms with Crippen LogP contribution < -0.4 is 5.32 Å². The highest BCUT2D eigenvalue weighted by molar-refractivity contribution is 7.89. The Kier molecular flexibility index (Phi) is 10.6. The lowest BCUT2D eigenvalue weighted by Crippen LogP contribution is -2.53. The molecule has 0 aliphatic carbocycles. The van der Waals surface area contributed by atoms with Gasteiger partial charge >= 0.3 is 0 Å². The molecule has 1 N–H and O–H groups in total. The summed E-state index contributed by atoms with van der Waals surface area (Å²) >= 11 is 12.4. The molecule has 10 heteroatoms. The van der Waals surface area contributed by atoms with Crippen molar-refractivity contribution in [3.63, 3.8) is 0 Å². The number of rotatable bonds is 11. The van der Waals surface area contributed by atoms with Gasteiger partial charge in [-0.15, -0.1) is 0 Å². The van der Waals surface area contributed by atoms with E-state index in [4.69, 9.17) is 23.2 Å².